The molecule has 76 valence electrons. The highest BCUT2D eigenvalue weighted by Crippen LogP contribution is 2.39. The molecule has 0 N–H and O–H groups in total. The number of amides is 1. The maximum absolute atomic E-state index is 11.6. The summed E-state index contributed by atoms with van der Waals surface area (Å²) in [6.07, 6.45) is 0.614. The molecule has 1 aliphatic heterocycles. The third-order valence-corrected chi connectivity index (χ3v) is 4.62. The van der Waals surface area contributed by atoms with Crippen molar-refractivity contribution < 1.29 is 4.79 Å². The first-order valence-corrected chi connectivity index (χ1v) is 6.70. The summed E-state index contributed by atoms with van der Waals surface area (Å²) >= 11 is 3.60. The molecular weight excluding hydrogens is 214 g/mol. The number of carbonyl (C=O) groups excluding carboxylic acids is 1. The van der Waals surface area contributed by atoms with Gasteiger partial charge < -0.3 is 4.90 Å². The summed E-state index contributed by atoms with van der Waals surface area (Å²) in [4.78, 5) is 14.9. The van der Waals surface area contributed by atoms with Crippen molar-refractivity contribution in [3.8, 4) is 0 Å². The van der Waals surface area contributed by atoms with E-state index in [1.54, 1.807) is 11.3 Å². The van der Waals surface area contributed by atoms with E-state index in [0.717, 1.165) is 12.3 Å². The van der Waals surface area contributed by atoms with Crippen LogP contribution in [-0.2, 0) is 4.79 Å². The molecule has 1 saturated heterocycles. The molecule has 1 atom stereocenters. The van der Waals surface area contributed by atoms with Crippen LogP contribution in [0.25, 0.3) is 0 Å². The Morgan fingerprint density at radius 1 is 1.71 bits per heavy atom. The predicted molar refractivity (Wildman–Crippen MR) is 61.5 cm³/mol. The van der Waals surface area contributed by atoms with Crippen molar-refractivity contribution in [1.82, 2.24) is 4.90 Å². The molecule has 0 saturated carbocycles. The van der Waals surface area contributed by atoms with Gasteiger partial charge in [0, 0.05) is 23.6 Å². The van der Waals surface area contributed by atoms with Crippen LogP contribution in [0.1, 0.15) is 23.6 Å². The highest BCUT2D eigenvalue weighted by Gasteiger charge is 2.29. The molecule has 1 aromatic rings. The molecule has 4 heteroatoms. The first-order chi connectivity index (χ1) is 6.83. The van der Waals surface area contributed by atoms with Crippen molar-refractivity contribution in [2.45, 2.75) is 18.7 Å². The van der Waals surface area contributed by atoms with Crippen molar-refractivity contribution in [3.05, 3.63) is 22.4 Å². The number of hydrogen-bond donors (Lipinski definition) is 0. The van der Waals surface area contributed by atoms with E-state index in [9.17, 15) is 4.79 Å². The molecule has 2 heterocycles. The lowest BCUT2D eigenvalue weighted by Gasteiger charge is -2.22. The summed E-state index contributed by atoms with van der Waals surface area (Å²) in [6.45, 7) is 2.83. The van der Waals surface area contributed by atoms with E-state index in [1.165, 1.54) is 4.88 Å². The smallest absolute Gasteiger partial charge is 0.223 e. The third-order valence-electron chi connectivity index (χ3n) is 2.30. The maximum atomic E-state index is 11.6. The normalized spacial score (nSPS) is 21.5. The standard InChI is InChI=1S/C10H13NOS2/c1-2-9(12)11-5-7-14-10(11)8-4-3-6-13-8/h3-4,6,10H,2,5,7H2,1H3/t10-/m1/s1. The number of hydrogen-bond acceptors (Lipinski definition) is 3. The zero-order valence-electron chi connectivity index (χ0n) is 8.10. The predicted octanol–water partition coefficient (Wildman–Crippen LogP) is 2.73. The fourth-order valence-corrected chi connectivity index (χ4v) is 3.85. The van der Waals surface area contributed by atoms with Gasteiger partial charge in [-0.25, -0.2) is 0 Å². The summed E-state index contributed by atoms with van der Waals surface area (Å²) < 4.78 is 0. The van der Waals surface area contributed by atoms with Gasteiger partial charge in [-0.05, 0) is 11.4 Å². The Labute approximate surface area is 92.3 Å². The molecule has 2 rings (SSSR count). The Bertz CT molecular complexity index is 310. The van der Waals surface area contributed by atoms with Gasteiger partial charge in [0.05, 0.1) is 0 Å². The molecule has 1 aliphatic rings. The van der Waals surface area contributed by atoms with Crippen LogP contribution < -0.4 is 0 Å². The van der Waals surface area contributed by atoms with Crippen LogP contribution in [-0.4, -0.2) is 23.1 Å². The van der Waals surface area contributed by atoms with Crippen LogP contribution in [0.3, 0.4) is 0 Å². The number of thiophene rings is 1. The van der Waals surface area contributed by atoms with Gasteiger partial charge in [0.25, 0.3) is 0 Å². The second kappa shape index (κ2) is 4.36. The van der Waals surface area contributed by atoms with Gasteiger partial charge in [0.2, 0.25) is 5.91 Å². The van der Waals surface area contributed by atoms with Gasteiger partial charge in [0.15, 0.2) is 0 Å². The maximum Gasteiger partial charge on any atom is 0.223 e. The average molecular weight is 227 g/mol. The van der Waals surface area contributed by atoms with Crippen molar-refractivity contribution in [2.24, 2.45) is 0 Å². The Balaban J connectivity index is 2.15. The lowest BCUT2D eigenvalue weighted by Crippen LogP contribution is -2.29. The highest BCUT2D eigenvalue weighted by molar-refractivity contribution is 7.99. The molecule has 0 aromatic carbocycles. The van der Waals surface area contributed by atoms with Gasteiger partial charge in [-0.15, -0.1) is 23.1 Å². The molecule has 0 radical (unpaired) electrons. The van der Waals surface area contributed by atoms with Gasteiger partial charge >= 0.3 is 0 Å². The monoisotopic (exact) mass is 227 g/mol. The molecule has 1 fully saturated rings. The van der Waals surface area contributed by atoms with E-state index in [2.05, 4.69) is 11.4 Å². The lowest BCUT2D eigenvalue weighted by molar-refractivity contribution is -0.130. The SMILES string of the molecule is CCC(=O)N1CCS[C@@H]1c1cccs1. The molecule has 2 nitrogen and oxygen atoms in total. The summed E-state index contributed by atoms with van der Waals surface area (Å²) in [7, 11) is 0. The molecule has 0 aliphatic carbocycles. The van der Waals surface area contributed by atoms with Crippen LogP contribution in [0.4, 0.5) is 0 Å². The fraction of sp³-hybridized carbons (Fsp3) is 0.500. The Morgan fingerprint density at radius 3 is 3.21 bits per heavy atom. The highest BCUT2D eigenvalue weighted by atomic mass is 32.2. The van der Waals surface area contributed by atoms with Gasteiger partial charge in [0.1, 0.15) is 5.37 Å². The van der Waals surface area contributed by atoms with Crippen molar-refractivity contribution >= 4 is 29.0 Å². The second-order valence-corrected chi connectivity index (χ2v) is 5.35. The van der Waals surface area contributed by atoms with Crippen molar-refractivity contribution in [3.63, 3.8) is 0 Å². The zero-order chi connectivity index (χ0) is 9.97. The molecule has 1 aromatic heterocycles. The van der Waals surface area contributed by atoms with E-state index in [0.29, 0.717) is 6.42 Å². The molecule has 1 amide bonds. The van der Waals surface area contributed by atoms with Crippen molar-refractivity contribution in [1.29, 1.82) is 0 Å². The van der Waals surface area contributed by atoms with E-state index in [4.69, 9.17) is 0 Å². The van der Waals surface area contributed by atoms with Gasteiger partial charge in [-0.2, -0.15) is 0 Å². The minimum absolute atomic E-state index is 0.272. The van der Waals surface area contributed by atoms with Crippen molar-refractivity contribution in [2.75, 3.05) is 12.3 Å². The summed E-state index contributed by atoms with van der Waals surface area (Å²) in [5.74, 6) is 1.34. The molecule has 0 bridgehead atoms. The first kappa shape index (κ1) is 10.1. The minimum Gasteiger partial charge on any atom is -0.325 e. The van der Waals surface area contributed by atoms with Crippen LogP contribution in [0.2, 0.25) is 0 Å². The molecule has 0 unspecified atom stereocenters. The third kappa shape index (κ3) is 1.81. The first-order valence-electron chi connectivity index (χ1n) is 4.77. The van der Waals surface area contributed by atoms with Crippen LogP contribution in [0.15, 0.2) is 17.5 Å². The molecule has 0 spiro atoms. The Hall–Kier alpha value is -0.480. The molecular formula is C10H13NOS2. The van der Waals surface area contributed by atoms with Crippen LogP contribution in [0.5, 0.6) is 0 Å². The summed E-state index contributed by atoms with van der Waals surface area (Å²) in [5, 5.41) is 2.35. The molecule has 14 heavy (non-hydrogen) atoms. The second-order valence-electron chi connectivity index (χ2n) is 3.18. The lowest BCUT2D eigenvalue weighted by atomic mass is 10.3. The largest absolute Gasteiger partial charge is 0.325 e. The van der Waals surface area contributed by atoms with E-state index in [-0.39, 0.29) is 11.3 Å². The van der Waals surface area contributed by atoms with Gasteiger partial charge in [-0.3, -0.25) is 4.79 Å². The number of rotatable bonds is 2. The van der Waals surface area contributed by atoms with E-state index < -0.39 is 0 Å². The number of thioether (sulfide) groups is 1. The Morgan fingerprint density at radius 2 is 2.57 bits per heavy atom. The minimum atomic E-state index is 0.272. The summed E-state index contributed by atoms with van der Waals surface area (Å²) in [6, 6.07) is 4.16. The van der Waals surface area contributed by atoms with E-state index >= 15 is 0 Å². The van der Waals surface area contributed by atoms with Gasteiger partial charge in [-0.1, -0.05) is 13.0 Å². The average Bonchev–Trinajstić information content (AvgIpc) is 2.85. The zero-order valence-corrected chi connectivity index (χ0v) is 9.74. The summed E-state index contributed by atoms with van der Waals surface area (Å²) in [5.41, 5.74) is 0. The Kier molecular flexibility index (Phi) is 3.13. The van der Waals surface area contributed by atoms with Crippen LogP contribution in [0, 0.1) is 0 Å². The fourth-order valence-electron chi connectivity index (χ4n) is 1.60. The number of nitrogens with zero attached hydrogens (tertiary/aromatic N) is 1. The van der Waals surface area contributed by atoms with E-state index in [1.807, 2.05) is 29.7 Å². The topological polar surface area (TPSA) is 20.3 Å². The van der Waals surface area contributed by atoms with Crippen LogP contribution >= 0.6 is 23.1 Å². The number of carbonyl (C=O) groups is 1. The quantitative estimate of drug-likeness (QED) is 0.774.